The lowest BCUT2D eigenvalue weighted by Crippen LogP contribution is -2.61. The normalized spacial score (nSPS) is 38.1. The van der Waals surface area contributed by atoms with Gasteiger partial charge in [0.1, 0.15) is 0 Å². The zero-order valence-electron chi connectivity index (χ0n) is 21.0. The predicted molar refractivity (Wildman–Crippen MR) is 126 cm³/mol. The summed E-state index contributed by atoms with van der Waals surface area (Å²) in [4.78, 5) is 25.1. The molecule has 1 saturated heterocycles. The summed E-state index contributed by atoms with van der Waals surface area (Å²) < 4.78 is 23.6. The van der Waals surface area contributed by atoms with Crippen LogP contribution >= 0.6 is 0 Å². The van der Waals surface area contributed by atoms with Crippen molar-refractivity contribution in [2.45, 2.75) is 85.2 Å². The van der Waals surface area contributed by atoms with Gasteiger partial charge in [0.15, 0.2) is 0 Å². The lowest BCUT2D eigenvalue weighted by atomic mass is 9.45. The molecule has 0 N–H and O–H groups in total. The minimum atomic E-state index is -0.954. The number of allylic oxidation sites excluding steroid dienone is 3. The summed E-state index contributed by atoms with van der Waals surface area (Å²) in [5, 5.41) is 0. The standard InChI is InChI=1S/C27H40O6/c1-8-10-13-31-22-16-27-21(24(29)33-25(27)32-19(5)28)14-20(30-7)15-23(27)26(6,18(22)4)12-11-17(3)9-2/h9,11,14,18,20,22-23,25H,2,8,10,12-13,15-16H2,1,3-7H3/b17-11+/t18-,20+,22+,23+,25-,26-,27-/m1/s1. The molecule has 1 aliphatic heterocycles. The Balaban J connectivity index is 2.16. The van der Waals surface area contributed by atoms with E-state index in [-0.39, 0.29) is 29.5 Å². The average Bonchev–Trinajstić information content (AvgIpc) is 3.04. The summed E-state index contributed by atoms with van der Waals surface area (Å²) in [7, 11) is 1.67. The van der Waals surface area contributed by atoms with Crippen molar-refractivity contribution in [2.24, 2.45) is 22.7 Å². The number of unbranched alkanes of at least 4 members (excludes halogenated alkanes) is 1. The van der Waals surface area contributed by atoms with Crippen LogP contribution in [0.25, 0.3) is 0 Å². The summed E-state index contributed by atoms with van der Waals surface area (Å²) in [5.41, 5.74) is 0.675. The third kappa shape index (κ3) is 4.57. The number of carbonyl (C=O) groups excluding carboxylic acids is 2. The van der Waals surface area contributed by atoms with Crippen molar-refractivity contribution in [2.75, 3.05) is 13.7 Å². The van der Waals surface area contributed by atoms with Gasteiger partial charge in [0.05, 0.1) is 17.6 Å². The minimum Gasteiger partial charge on any atom is -0.424 e. The van der Waals surface area contributed by atoms with E-state index in [0.29, 0.717) is 18.6 Å². The summed E-state index contributed by atoms with van der Waals surface area (Å²) in [5.74, 6) is -0.665. The van der Waals surface area contributed by atoms with E-state index in [1.54, 1.807) is 7.11 Å². The van der Waals surface area contributed by atoms with Crippen molar-refractivity contribution in [3.63, 3.8) is 0 Å². The molecule has 3 aliphatic rings. The number of ether oxygens (including phenoxy) is 4. The first kappa shape index (κ1) is 25.7. The second-order valence-electron chi connectivity index (χ2n) is 10.1. The maximum absolute atomic E-state index is 13.1. The molecule has 1 spiro atoms. The molecule has 2 aliphatic carbocycles. The summed E-state index contributed by atoms with van der Waals surface area (Å²) in [6.45, 7) is 14.6. The Kier molecular flexibility index (Phi) is 7.90. The zero-order valence-corrected chi connectivity index (χ0v) is 21.0. The van der Waals surface area contributed by atoms with Gasteiger partial charge >= 0.3 is 11.9 Å². The molecule has 0 amide bonds. The van der Waals surface area contributed by atoms with Crippen LogP contribution in [0.1, 0.15) is 66.7 Å². The van der Waals surface area contributed by atoms with Crippen molar-refractivity contribution in [3.8, 4) is 0 Å². The van der Waals surface area contributed by atoms with Crippen molar-refractivity contribution in [3.05, 3.63) is 36.0 Å². The summed E-state index contributed by atoms with van der Waals surface area (Å²) >= 11 is 0. The van der Waals surface area contributed by atoms with Crippen molar-refractivity contribution < 1.29 is 28.5 Å². The van der Waals surface area contributed by atoms with Crippen LogP contribution in [-0.4, -0.2) is 44.2 Å². The number of methoxy groups -OCH3 is 1. The molecule has 0 radical (unpaired) electrons. The van der Waals surface area contributed by atoms with Gasteiger partial charge in [-0.3, -0.25) is 4.79 Å². The highest BCUT2D eigenvalue weighted by molar-refractivity contribution is 5.93. The monoisotopic (exact) mass is 460 g/mol. The maximum Gasteiger partial charge on any atom is 0.337 e. The summed E-state index contributed by atoms with van der Waals surface area (Å²) in [6, 6.07) is 0. The molecule has 1 heterocycles. The van der Waals surface area contributed by atoms with Crippen LogP contribution in [0.3, 0.4) is 0 Å². The van der Waals surface area contributed by atoms with Crippen LogP contribution in [0.4, 0.5) is 0 Å². The van der Waals surface area contributed by atoms with E-state index < -0.39 is 23.6 Å². The molecule has 7 atom stereocenters. The maximum atomic E-state index is 13.1. The van der Waals surface area contributed by atoms with Gasteiger partial charge in [-0.15, -0.1) is 0 Å². The SMILES string of the molecule is C=C/C(C)=C/C[C@]1(C)[C@H](C)[C@@H](OCCCC)C[C@@]23C(=C[C@H](OC)C[C@@H]12)C(=O)O[C@H]3OC(C)=O. The fraction of sp³-hybridized carbons (Fsp3) is 0.704. The van der Waals surface area contributed by atoms with E-state index in [0.717, 1.165) is 31.3 Å². The van der Waals surface area contributed by atoms with Crippen LogP contribution in [0, 0.1) is 22.7 Å². The molecule has 0 aromatic carbocycles. The lowest BCUT2D eigenvalue weighted by molar-refractivity contribution is -0.228. The first-order valence-electron chi connectivity index (χ1n) is 12.2. The zero-order chi connectivity index (χ0) is 24.4. The molecule has 1 saturated carbocycles. The van der Waals surface area contributed by atoms with Crippen LogP contribution < -0.4 is 0 Å². The van der Waals surface area contributed by atoms with E-state index >= 15 is 0 Å². The Morgan fingerprint density at radius 3 is 2.70 bits per heavy atom. The number of rotatable bonds is 9. The highest BCUT2D eigenvalue weighted by atomic mass is 16.7. The molecule has 6 heteroatoms. The molecule has 33 heavy (non-hydrogen) atoms. The topological polar surface area (TPSA) is 71.1 Å². The van der Waals surface area contributed by atoms with Gasteiger partial charge < -0.3 is 18.9 Å². The number of carbonyl (C=O) groups is 2. The molecule has 0 aromatic heterocycles. The smallest absolute Gasteiger partial charge is 0.337 e. The van der Waals surface area contributed by atoms with E-state index in [2.05, 4.69) is 33.4 Å². The third-order valence-corrected chi connectivity index (χ3v) is 8.32. The van der Waals surface area contributed by atoms with E-state index in [1.165, 1.54) is 6.92 Å². The van der Waals surface area contributed by atoms with Gasteiger partial charge in [0, 0.05) is 26.2 Å². The molecule has 0 unspecified atom stereocenters. The molecule has 0 aromatic rings. The van der Waals surface area contributed by atoms with Gasteiger partial charge in [-0.25, -0.2) is 4.79 Å². The first-order chi connectivity index (χ1) is 15.6. The largest absolute Gasteiger partial charge is 0.424 e. The lowest BCUT2D eigenvalue weighted by Gasteiger charge is -2.60. The summed E-state index contributed by atoms with van der Waals surface area (Å²) in [6.07, 6.45) is 8.82. The molecular formula is C27H40O6. The molecule has 2 fully saturated rings. The molecule has 184 valence electrons. The Bertz CT molecular complexity index is 828. The number of cyclic esters (lactones) is 1. The fourth-order valence-electron chi connectivity index (χ4n) is 6.13. The second kappa shape index (κ2) is 10.1. The van der Waals surface area contributed by atoms with Crippen LogP contribution in [0.15, 0.2) is 36.0 Å². The van der Waals surface area contributed by atoms with Crippen LogP contribution in [0.5, 0.6) is 0 Å². The number of esters is 2. The average molecular weight is 461 g/mol. The van der Waals surface area contributed by atoms with Gasteiger partial charge in [-0.2, -0.15) is 0 Å². The van der Waals surface area contributed by atoms with Gasteiger partial charge in [-0.05, 0) is 55.9 Å². The molecule has 6 nitrogen and oxygen atoms in total. The molecule has 3 rings (SSSR count). The highest BCUT2D eigenvalue weighted by Gasteiger charge is 2.69. The Morgan fingerprint density at radius 2 is 2.09 bits per heavy atom. The fourth-order valence-corrected chi connectivity index (χ4v) is 6.13. The Hall–Kier alpha value is -1.92. The Morgan fingerprint density at radius 1 is 1.36 bits per heavy atom. The van der Waals surface area contributed by atoms with Crippen LogP contribution in [0.2, 0.25) is 0 Å². The van der Waals surface area contributed by atoms with Crippen LogP contribution in [-0.2, 0) is 28.5 Å². The van der Waals surface area contributed by atoms with E-state index in [9.17, 15) is 9.59 Å². The van der Waals surface area contributed by atoms with Crippen molar-refractivity contribution in [1.82, 2.24) is 0 Å². The van der Waals surface area contributed by atoms with E-state index in [4.69, 9.17) is 18.9 Å². The number of hydrogen-bond acceptors (Lipinski definition) is 6. The highest BCUT2D eigenvalue weighted by Crippen LogP contribution is 2.66. The van der Waals surface area contributed by atoms with Gasteiger partial charge in [0.25, 0.3) is 6.29 Å². The second-order valence-corrected chi connectivity index (χ2v) is 10.1. The molecule has 0 bridgehead atoms. The van der Waals surface area contributed by atoms with Crippen molar-refractivity contribution >= 4 is 11.9 Å². The predicted octanol–water partition coefficient (Wildman–Crippen LogP) is 5.13. The first-order valence-corrected chi connectivity index (χ1v) is 12.2. The third-order valence-electron chi connectivity index (χ3n) is 8.32. The Labute approximate surface area is 198 Å². The van der Waals surface area contributed by atoms with Gasteiger partial charge in [-0.1, -0.05) is 51.5 Å². The quantitative estimate of drug-likeness (QED) is 0.270. The minimum absolute atomic E-state index is 0.000593. The van der Waals surface area contributed by atoms with Crippen molar-refractivity contribution in [1.29, 1.82) is 0 Å². The number of hydrogen-bond donors (Lipinski definition) is 0. The van der Waals surface area contributed by atoms with Gasteiger partial charge in [0.2, 0.25) is 0 Å². The molecular weight excluding hydrogens is 420 g/mol. The van der Waals surface area contributed by atoms with E-state index in [1.807, 2.05) is 19.1 Å².